The number of carbonyl (C=O) groups is 2. The summed E-state index contributed by atoms with van der Waals surface area (Å²) in [6, 6.07) is -0.538. The smallest absolute Gasteiger partial charge is 0.305 e. The molecule has 0 fully saturated rings. The van der Waals surface area contributed by atoms with E-state index in [0.29, 0.717) is 25.9 Å². The Bertz CT molecular complexity index is 1400. The summed E-state index contributed by atoms with van der Waals surface area (Å²) >= 11 is 0. The highest BCUT2D eigenvalue weighted by molar-refractivity contribution is 5.76. The number of ether oxygens (including phenoxy) is 1. The van der Waals surface area contributed by atoms with Crippen LogP contribution in [0.25, 0.3) is 0 Å². The van der Waals surface area contributed by atoms with Crippen molar-refractivity contribution >= 4 is 11.9 Å². The van der Waals surface area contributed by atoms with E-state index in [2.05, 4.69) is 31.3 Å². The van der Waals surface area contributed by atoms with Gasteiger partial charge in [0.05, 0.1) is 25.4 Å². The highest BCUT2D eigenvalue weighted by atomic mass is 16.5. The van der Waals surface area contributed by atoms with Crippen molar-refractivity contribution in [2.24, 2.45) is 0 Å². The molecule has 1 amide bonds. The third-order valence-corrected chi connectivity index (χ3v) is 20.6. The number of esters is 1. The maximum absolute atomic E-state index is 12.5. The minimum Gasteiger partial charge on any atom is -0.466 e. The molecule has 0 heterocycles. The second kappa shape index (κ2) is 82.0. The maximum atomic E-state index is 12.5. The largest absolute Gasteiger partial charge is 0.466 e. The van der Waals surface area contributed by atoms with Gasteiger partial charge >= 0.3 is 5.97 Å². The molecule has 548 valence electrons. The van der Waals surface area contributed by atoms with E-state index < -0.39 is 12.1 Å². The van der Waals surface area contributed by atoms with Gasteiger partial charge in [-0.2, -0.15) is 0 Å². The summed E-state index contributed by atoms with van der Waals surface area (Å²) in [5.41, 5.74) is 0. The van der Waals surface area contributed by atoms with Crippen LogP contribution in [0.4, 0.5) is 0 Å². The molecule has 2 atom stereocenters. The van der Waals surface area contributed by atoms with Crippen molar-refractivity contribution in [3.05, 3.63) is 12.2 Å². The van der Waals surface area contributed by atoms with E-state index in [0.717, 1.165) is 38.5 Å². The Morgan fingerprint density at radius 2 is 0.511 bits per heavy atom. The number of unbranched alkanes of at least 4 members (excludes halogenated alkanes) is 69. The molecule has 0 aliphatic carbocycles. The van der Waals surface area contributed by atoms with Gasteiger partial charge in [0.1, 0.15) is 0 Å². The van der Waals surface area contributed by atoms with Crippen LogP contribution in [-0.4, -0.2) is 47.4 Å². The minimum absolute atomic E-state index is 0.0257. The monoisotopic (exact) mass is 1300 g/mol. The van der Waals surface area contributed by atoms with E-state index in [1.165, 1.54) is 430 Å². The molecule has 0 saturated carbocycles. The molecular weight excluding hydrogens is 1130 g/mol. The average molecular weight is 1300 g/mol. The Kier molecular flexibility index (Phi) is 80.8. The molecule has 0 aromatic carbocycles. The lowest BCUT2D eigenvalue weighted by Gasteiger charge is -2.22. The van der Waals surface area contributed by atoms with E-state index in [9.17, 15) is 19.8 Å². The SMILES string of the molecule is CCCCCCCCCCCCCCCCCCCCCC(=O)OCCCCCCCCCCCCCCCCCCCC/C=C\CCCCCCCCCCCCCCCCCCCC(=O)NC(CO)C(O)CCCCCCCCCCCCCCCCCCC. The van der Waals surface area contributed by atoms with Crippen molar-refractivity contribution in [3.63, 3.8) is 0 Å². The van der Waals surface area contributed by atoms with Gasteiger partial charge in [0.25, 0.3) is 0 Å². The molecule has 0 radical (unpaired) electrons. The van der Waals surface area contributed by atoms with Gasteiger partial charge in [-0.25, -0.2) is 0 Å². The Morgan fingerprint density at radius 1 is 0.293 bits per heavy atom. The molecule has 3 N–H and O–H groups in total. The average Bonchev–Trinajstić information content (AvgIpc) is 3.60. The van der Waals surface area contributed by atoms with Gasteiger partial charge < -0.3 is 20.3 Å². The quantitative estimate of drug-likeness (QED) is 0.0320. The second-order valence-corrected chi connectivity index (χ2v) is 29.9. The first-order valence-corrected chi connectivity index (χ1v) is 42.9. The molecule has 0 spiro atoms. The summed E-state index contributed by atoms with van der Waals surface area (Å²) in [7, 11) is 0. The Labute approximate surface area is 578 Å². The molecule has 0 aliphatic rings. The Balaban J connectivity index is 3.30. The molecule has 0 saturated heterocycles. The van der Waals surface area contributed by atoms with Crippen molar-refractivity contribution in [2.45, 2.75) is 514 Å². The van der Waals surface area contributed by atoms with Gasteiger partial charge in [-0.3, -0.25) is 9.59 Å². The van der Waals surface area contributed by atoms with Gasteiger partial charge in [0, 0.05) is 12.8 Å². The zero-order chi connectivity index (χ0) is 66.3. The summed E-state index contributed by atoms with van der Waals surface area (Å²) in [4.78, 5) is 24.7. The number of aliphatic hydroxyl groups is 2. The van der Waals surface area contributed by atoms with Crippen LogP contribution in [0, 0.1) is 0 Å². The Hall–Kier alpha value is -1.40. The fourth-order valence-corrected chi connectivity index (χ4v) is 14.1. The lowest BCUT2D eigenvalue weighted by Crippen LogP contribution is -2.45. The molecule has 0 rings (SSSR count). The topological polar surface area (TPSA) is 95.9 Å². The summed E-state index contributed by atoms with van der Waals surface area (Å²) in [5, 5.41) is 23.4. The number of hydrogen-bond donors (Lipinski definition) is 3. The maximum Gasteiger partial charge on any atom is 0.305 e. The lowest BCUT2D eigenvalue weighted by molar-refractivity contribution is -0.143. The molecule has 0 bridgehead atoms. The van der Waals surface area contributed by atoms with E-state index in [-0.39, 0.29) is 18.5 Å². The highest BCUT2D eigenvalue weighted by Gasteiger charge is 2.20. The van der Waals surface area contributed by atoms with Crippen LogP contribution in [-0.2, 0) is 14.3 Å². The fourth-order valence-electron chi connectivity index (χ4n) is 14.1. The van der Waals surface area contributed by atoms with Crippen LogP contribution in [0.2, 0.25) is 0 Å². The first kappa shape index (κ1) is 90.6. The summed E-state index contributed by atoms with van der Waals surface area (Å²) in [6.07, 6.45) is 105. The van der Waals surface area contributed by atoms with Gasteiger partial charge in [0.15, 0.2) is 0 Å². The van der Waals surface area contributed by atoms with Crippen molar-refractivity contribution in [3.8, 4) is 0 Å². The van der Waals surface area contributed by atoms with Crippen LogP contribution >= 0.6 is 0 Å². The Morgan fingerprint density at radius 3 is 0.772 bits per heavy atom. The number of rotatable bonds is 82. The van der Waals surface area contributed by atoms with E-state index in [1.807, 2.05) is 0 Å². The van der Waals surface area contributed by atoms with Crippen molar-refractivity contribution in [2.75, 3.05) is 13.2 Å². The van der Waals surface area contributed by atoms with Crippen LogP contribution in [0.15, 0.2) is 12.2 Å². The number of amides is 1. The standard InChI is InChI=1S/C86H169NO5/c1-3-5-7-9-11-13-15-17-19-21-43-48-52-56-60-64-68-72-76-80-86(91)92-81-77-73-69-65-61-57-53-49-45-42-40-38-36-34-32-30-28-26-24-22-23-25-27-29-31-33-35-37-39-41-44-47-51-55-59-63-67-71-75-79-85(90)87-83(82-88)84(89)78-74-70-66-62-58-54-50-46-20-18-16-14-12-10-8-6-4-2/h22-23,83-84,88-89H,3-21,24-82H2,1-2H3,(H,87,90)/b23-22-. The van der Waals surface area contributed by atoms with Gasteiger partial charge in [-0.1, -0.05) is 450 Å². The van der Waals surface area contributed by atoms with Gasteiger partial charge in [0.2, 0.25) is 5.91 Å². The molecule has 0 aliphatic heterocycles. The molecule has 6 heteroatoms. The zero-order valence-corrected chi connectivity index (χ0v) is 63.1. The predicted octanol–water partition coefficient (Wildman–Crippen LogP) is 28.6. The summed E-state index contributed by atoms with van der Waals surface area (Å²) in [6.45, 7) is 5.02. The van der Waals surface area contributed by atoms with Crippen molar-refractivity contribution < 1.29 is 24.5 Å². The number of hydrogen-bond acceptors (Lipinski definition) is 5. The third-order valence-electron chi connectivity index (χ3n) is 20.6. The predicted molar refractivity (Wildman–Crippen MR) is 407 cm³/mol. The van der Waals surface area contributed by atoms with Crippen LogP contribution in [0.5, 0.6) is 0 Å². The molecule has 92 heavy (non-hydrogen) atoms. The lowest BCUT2D eigenvalue weighted by atomic mass is 10.0. The second-order valence-electron chi connectivity index (χ2n) is 29.9. The number of aliphatic hydroxyl groups excluding tert-OH is 2. The highest BCUT2D eigenvalue weighted by Crippen LogP contribution is 2.21. The third kappa shape index (κ3) is 77.6. The molecular formula is C86H169NO5. The van der Waals surface area contributed by atoms with Crippen LogP contribution in [0.1, 0.15) is 502 Å². The molecule has 2 unspecified atom stereocenters. The number of allylic oxidation sites excluding steroid dienone is 2. The van der Waals surface area contributed by atoms with Gasteiger partial charge in [-0.15, -0.1) is 0 Å². The molecule has 0 aromatic heterocycles. The number of carbonyl (C=O) groups excluding carboxylic acids is 2. The van der Waals surface area contributed by atoms with E-state index in [4.69, 9.17) is 4.74 Å². The minimum atomic E-state index is -0.661. The zero-order valence-electron chi connectivity index (χ0n) is 63.1. The first-order valence-electron chi connectivity index (χ1n) is 42.9. The van der Waals surface area contributed by atoms with E-state index >= 15 is 0 Å². The molecule has 0 aromatic rings. The van der Waals surface area contributed by atoms with Crippen LogP contribution in [0.3, 0.4) is 0 Å². The van der Waals surface area contributed by atoms with Crippen molar-refractivity contribution in [1.29, 1.82) is 0 Å². The summed E-state index contributed by atoms with van der Waals surface area (Å²) < 4.78 is 5.53. The molecule has 6 nitrogen and oxygen atoms in total. The van der Waals surface area contributed by atoms with Gasteiger partial charge in [-0.05, 0) is 51.4 Å². The first-order chi connectivity index (χ1) is 45.5. The van der Waals surface area contributed by atoms with E-state index in [1.54, 1.807) is 0 Å². The van der Waals surface area contributed by atoms with Crippen LogP contribution < -0.4 is 5.32 Å². The summed E-state index contributed by atoms with van der Waals surface area (Å²) in [5.74, 6) is 0.00302. The van der Waals surface area contributed by atoms with Crippen molar-refractivity contribution in [1.82, 2.24) is 5.32 Å². The number of nitrogens with one attached hydrogen (secondary N) is 1. The fraction of sp³-hybridized carbons (Fsp3) is 0.953. The normalized spacial score (nSPS) is 12.4.